The van der Waals surface area contributed by atoms with Crippen molar-refractivity contribution in [3.8, 4) is 0 Å². The summed E-state index contributed by atoms with van der Waals surface area (Å²) in [7, 11) is 0. The van der Waals surface area contributed by atoms with Crippen molar-refractivity contribution in [2.24, 2.45) is 23.7 Å². The largest absolute Gasteiger partial charge is 0.550 e. The van der Waals surface area contributed by atoms with Crippen molar-refractivity contribution in [1.29, 1.82) is 0 Å². The van der Waals surface area contributed by atoms with Gasteiger partial charge in [0.1, 0.15) is 0 Å². The van der Waals surface area contributed by atoms with Gasteiger partial charge in [-0.15, -0.1) is 0 Å². The van der Waals surface area contributed by atoms with E-state index < -0.39 is 5.97 Å². The summed E-state index contributed by atoms with van der Waals surface area (Å²) in [5.74, 6) is 2.37. The second-order valence-electron chi connectivity index (χ2n) is 6.93. The zero-order valence-corrected chi connectivity index (χ0v) is 12.4. The normalized spacial score (nSPS) is 36.1. The summed E-state index contributed by atoms with van der Waals surface area (Å²) in [6, 6.07) is 0. The highest BCUT2D eigenvalue weighted by atomic mass is 16.4. The van der Waals surface area contributed by atoms with E-state index in [2.05, 4.69) is 6.92 Å². The van der Waals surface area contributed by atoms with Crippen molar-refractivity contribution < 1.29 is 9.90 Å². The number of hydrogen-bond acceptors (Lipinski definition) is 2. The van der Waals surface area contributed by atoms with Crippen LogP contribution in [-0.4, -0.2) is 5.97 Å². The fourth-order valence-corrected chi connectivity index (χ4v) is 4.46. The molecule has 0 radical (unpaired) electrons. The van der Waals surface area contributed by atoms with Crippen molar-refractivity contribution in [1.82, 2.24) is 0 Å². The van der Waals surface area contributed by atoms with Gasteiger partial charge < -0.3 is 9.90 Å². The molecule has 2 fully saturated rings. The van der Waals surface area contributed by atoms with Crippen LogP contribution in [0.25, 0.3) is 0 Å². The highest BCUT2D eigenvalue weighted by Crippen LogP contribution is 2.42. The van der Waals surface area contributed by atoms with Crippen LogP contribution in [0.1, 0.15) is 77.6 Å². The summed E-state index contributed by atoms with van der Waals surface area (Å²) in [5, 5.41) is 10.6. The molecule has 0 unspecified atom stereocenters. The minimum absolute atomic E-state index is 0.288. The van der Waals surface area contributed by atoms with Crippen molar-refractivity contribution in [3.05, 3.63) is 0 Å². The first-order chi connectivity index (χ1) is 9.19. The van der Waals surface area contributed by atoms with Crippen LogP contribution in [-0.2, 0) is 4.79 Å². The Kier molecular flexibility index (Phi) is 5.72. The Morgan fingerprint density at radius 1 is 0.895 bits per heavy atom. The average Bonchev–Trinajstić information content (AvgIpc) is 2.40. The van der Waals surface area contributed by atoms with Gasteiger partial charge in [-0.1, -0.05) is 32.6 Å². The molecule has 2 aliphatic rings. The molecule has 0 aromatic rings. The molecule has 0 aliphatic heterocycles. The Bertz CT molecular complexity index is 271. The second-order valence-corrected chi connectivity index (χ2v) is 6.93. The van der Waals surface area contributed by atoms with Gasteiger partial charge in [0.2, 0.25) is 0 Å². The van der Waals surface area contributed by atoms with Gasteiger partial charge in [-0.3, -0.25) is 0 Å². The third-order valence-electron chi connectivity index (χ3n) is 5.60. The van der Waals surface area contributed by atoms with Crippen LogP contribution in [0.15, 0.2) is 0 Å². The Labute approximate surface area is 118 Å². The third kappa shape index (κ3) is 4.50. The molecule has 0 aromatic carbocycles. The number of aliphatic carboxylic acids is 1. The topological polar surface area (TPSA) is 40.1 Å². The lowest BCUT2D eigenvalue weighted by atomic mass is 9.68. The van der Waals surface area contributed by atoms with Gasteiger partial charge in [-0.2, -0.15) is 0 Å². The van der Waals surface area contributed by atoms with Crippen molar-refractivity contribution in [2.45, 2.75) is 77.6 Å². The molecule has 0 aromatic heterocycles. The molecule has 19 heavy (non-hydrogen) atoms. The van der Waals surface area contributed by atoms with E-state index in [0.29, 0.717) is 5.92 Å². The van der Waals surface area contributed by atoms with Crippen LogP contribution in [0.2, 0.25) is 0 Å². The number of carbonyl (C=O) groups excluding carboxylic acids is 1. The molecule has 0 atom stereocenters. The van der Waals surface area contributed by atoms with Crippen LogP contribution in [0.4, 0.5) is 0 Å². The SMILES string of the molecule is CCCC1CCC(C2CCC(CC(=O)[O-])CC2)CC1. The van der Waals surface area contributed by atoms with Crippen LogP contribution in [0.5, 0.6) is 0 Å². The molecular weight excluding hydrogens is 236 g/mol. The van der Waals surface area contributed by atoms with Gasteiger partial charge >= 0.3 is 0 Å². The number of carboxylic acid groups (broad SMARTS) is 1. The van der Waals surface area contributed by atoms with Gasteiger partial charge in [0, 0.05) is 5.97 Å². The fourth-order valence-electron chi connectivity index (χ4n) is 4.46. The molecule has 0 saturated heterocycles. The number of carboxylic acids is 1. The van der Waals surface area contributed by atoms with E-state index in [1.54, 1.807) is 0 Å². The van der Waals surface area contributed by atoms with Gasteiger partial charge in [-0.05, 0) is 68.6 Å². The summed E-state index contributed by atoms with van der Waals surface area (Å²) >= 11 is 0. The van der Waals surface area contributed by atoms with E-state index in [0.717, 1.165) is 30.6 Å². The molecule has 0 spiro atoms. The van der Waals surface area contributed by atoms with Crippen LogP contribution in [0.3, 0.4) is 0 Å². The highest BCUT2D eigenvalue weighted by Gasteiger charge is 2.30. The Balaban J connectivity index is 1.69. The molecule has 2 rings (SSSR count). The van der Waals surface area contributed by atoms with E-state index in [1.807, 2.05) is 0 Å². The first-order valence-electron chi connectivity index (χ1n) is 8.38. The number of carbonyl (C=O) groups is 1. The quantitative estimate of drug-likeness (QED) is 0.763. The lowest BCUT2D eigenvalue weighted by molar-refractivity contribution is -0.307. The van der Waals surface area contributed by atoms with Crippen molar-refractivity contribution in [3.63, 3.8) is 0 Å². The molecular formula is C17H29O2-. The standard InChI is InChI=1S/C17H30O2/c1-2-3-13-4-8-15(9-5-13)16-10-6-14(7-11-16)12-17(18)19/h13-16H,2-12H2,1H3,(H,18,19)/p-1. The van der Waals surface area contributed by atoms with E-state index >= 15 is 0 Å². The second kappa shape index (κ2) is 7.31. The summed E-state index contributed by atoms with van der Waals surface area (Å²) in [5.41, 5.74) is 0. The smallest absolute Gasteiger partial charge is 0.0417 e. The average molecular weight is 265 g/mol. The monoisotopic (exact) mass is 265 g/mol. The molecule has 2 heteroatoms. The van der Waals surface area contributed by atoms with Crippen LogP contribution in [0, 0.1) is 23.7 Å². The number of rotatable bonds is 5. The van der Waals surface area contributed by atoms with Crippen LogP contribution >= 0.6 is 0 Å². The maximum Gasteiger partial charge on any atom is 0.0417 e. The maximum atomic E-state index is 10.6. The Hall–Kier alpha value is -0.530. The predicted octanol–water partition coefficient (Wildman–Crippen LogP) is 3.54. The maximum absolute atomic E-state index is 10.6. The van der Waals surface area contributed by atoms with Gasteiger partial charge in [0.25, 0.3) is 0 Å². The number of hydrogen-bond donors (Lipinski definition) is 0. The molecule has 0 N–H and O–H groups in total. The van der Waals surface area contributed by atoms with Gasteiger partial charge in [-0.25, -0.2) is 0 Å². The van der Waals surface area contributed by atoms with Gasteiger partial charge in [0.15, 0.2) is 0 Å². The Morgan fingerprint density at radius 2 is 1.37 bits per heavy atom. The molecule has 0 heterocycles. The van der Waals surface area contributed by atoms with Crippen molar-refractivity contribution >= 4 is 5.97 Å². The third-order valence-corrected chi connectivity index (χ3v) is 5.60. The van der Waals surface area contributed by atoms with Crippen molar-refractivity contribution in [2.75, 3.05) is 0 Å². The first-order valence-corrected chi connectivity index (χ1v) is 8.38. The summed E-state index contributed by atoms with van der Waals surface area (Å²) < 4.78 is 0. The predicted molar refractivity (Wildman–Crippen MR) is 75.4 cm³/mol. The zero-order chi connectivity index (χ0) is 13.7. The molecule has 0 amide bonds. The fraction of sp³-hybridized carbons (Fsp3) is 0.941. The summed E-state index contributed by atoms with van der Waals surface area (Å²) in [6.07, 6.45) is 13.6. The molecule has 0 bridgehead atoms. The summed E-state index contributed by atoms with van der Waals surface area (Å²) in [4.78, 5) is 10.6. The lowest BCUT2D eigenvalue weighted by Crippen LogP contribution is -2.29. The molecule has 2 nitrogen and oxygen atoms in total. The van der Waals surface area contributed by atoms with E-state index in [-0.39, 0.29) is 6.42 Å². The molecule has 2 saturated carbocycles. The van der Waals surface area contributed by atoms with Gasteiger partial charge in [0.05, 0.1) is 0 Å². The van der Waals surface area contributed by atoms with Crippen LogP contribution < -0.4 is 5.11 Å². The Morgan fingerprint density at radius 3 is 1.79 bits per heavy atom. The molecule has 110 valence electrons. The summed E-state index contributed by atoms with van der Waals surface area (Å²) in [6.45, 7) is 2.30. The van der Waals surface area contributed by atoms with E-state index in [4.69, 9.17) is 0 Å². The zero-order valence-electron chi connectivity index (χ0n) is 12.4. The minimum Gasteiger partial charge on any atom is -0.550 e. The lowest BCUT2D eigenvalue weighted by Gasteiger charge is -2.38. The van der Waals surface area contributed by atoms with E-state index in [9.17, 15) is 9.90 Å². The minimum atomic E-state index is -0.858. The molecule has 2 aliphatic carbocycles. The van der Waals surface area contributed by atoms with E-state index in [1.165, 1.54) is 51.4 Å². The first kappa shape index (κ1) is 14.9. The highest BCUT2D eigenvalue weighted by molar-refractivity contribution is 5.64.